The molecular weight excluding hydrogens is 132 g/mol. The second-order valence-corrected chi connectivity index (χ2v) is 5.01. The van der Waals surface area contributed by atoms with Gasteiger partial charge in [0.25, 0.3) is 0 Å². The van der Waals surface area contributed by atoms with E-state index in [1.165, 1.54) is 12.8 Å². The van der Waals surface area contributed by atoms with E-state index in [1.807, 2.05) is 0 Å². The van der Waals surface area contributed by atoms with Crippen LogP contribution in [0, 0.1) is 23.2 Å². The Morgan fingerprint density at radius 3 is 2.00 bits per heavy atom. The van der Waals surface area contributed by atoms with Gasteiger partial charge in [0.1, 0.15) is 0 Å². The number of hydrogen-bond donors (Lipinski definition) is 0. The van der Waals surface area contributed by atoms with Crippen LogP contribution in [-0.2, 0) is 0 Å². The van der Waals surface area contributed by atoms with E-state index in [0.29, 0.717) is 5.41 Å². The van der Waals surface area contributed by atoms with Gasteiger partial charge in [-0.05, 0) is 29.6 Å². The molecule has 0 amide bonds. The first kappa shape index (κ1) is 9.09. The molecule has 0 heterocycles. The van der Waals surface area contributed by atoms with E-state index in [-0.39, 0.29) is 0 Å². The molecule has 0 N–H and O–H groups in total. The van der Waals surface area contributed by atoms with Crippen molar-refractivity contribution in [1.29, 1.82) is 0 Å². The van der Waals surface area contributed by atoms with Crippen molar-refractivity contribution in [3.63, 3.8) is 0 Å². The maximum Gasteiger partial charge on any atom is -0.0323 e. The predicted octanol–water partition coefficient (Wildman–Crippen LogP) is 3.71. The molecule has 11 heavy (non-hydrogen) atoms. The fraction of sp³-hybridized carbons (Fsp3) is 1.00. The zero-order chi connectivity index (χ0) is 8.65. The molecule has 0 bridgehead atoms. The van der Waals surface area contributed by atoms with Crippen molar-refractivity contribution < 1.29 is 0 Å². The van der Waals surface area contributed by atoms with E-state index in [4.69, 9.17) is 0 Å². The van der Waals surface area contributed by atoms with Crippen molar-refractivity contribution in [2.45, 2.75) is 47.5 Å². The minimum atomic E-state index is 0.597. The van der Waals surface area contributed by atoms with Gasteiger partial charge in [0, 0.05) is 0 Å². The van der Waals surface area contributed by atoms with Crippen molar-refractivity contribution in [3.8, 4) is 0 Å². The fourth-order valence-corrected chi connectivity index (χ4v) is 2.68. The van der Waals surface area contributed by atoms with Crippen LogP contribution >= 0.6 is 0 Å². The molecule has 0 nitrogen and oxygen atoms in total. The van der Waals surface area contributed by atoms with Crippen LogP contribution in [0.1, 0.15) is 47.5 Å². The molecule has 3 atom stereocenters. The van der Waals surface area contributed by atoms with E-state index >= 15 is 0 Å². The monoisotopic (exact) mass is 154 g/mol. The quantitative estimate of drug-likeness (QED) is 0.540. The summed E-state index contributed by atoms with van der Waals surface area (Å²) in [6.45, 7) is 12.0. The van der Waals surface area contributed by atoms with Crippen LogP contribution in [0.25, 0.3) is 0 Å². The molecule has 0 aromatic heterocycles. The van der Waals surface area contributed by atoms with Crippen molar-refractivity contribution in [1.82, 2.24) is 0 Å². The summed E-state index contributed by atoms with van der Waals surface area (Å²) in [4.78, 5) is 0. The topological polar surface area (TPSA) is 0 Å². The van der Waals surface area contributed by atoms with Crippen LogP contribution in [-0.4, -0.2) is 0 Å². The lowest BCUT2D eigenvalue weighted by atomic mass is 9.81. The molecule has 0 heteroatoms. The summed E-state index contributed by atoms with van der Waals surface area (Å²) in [6.07, 6.45) is 2.81. The van der Waals surface area contributed by atoms with E-state index in [1.54, 1.807) is 0 Å². The Labute approximate surface area is 71.4 Å². The second-order valence-electron chi connectivity index (χ2n) is 5.01. The Hall–Kier alpha value is 0. The van der Waals surface area contributed by atoms with Crippen molar-refractivity contribution in [2.75, 3.05) is 0 Å². The van der Waals surface area contributed by atoms with Crippen LogP contribution in [0.5, 0.6) is 0 Å². The summed E-state index contributed by atoms with van der Waals surface area (Å²) in [7, 11) is 0. The van der Waals surface area contributed by atoms with E-state index in [2.05, 4.69) is 34.6 Å². The average Bonchev–Trinajstić information content (AvgIpc) is 2.13. The highest BCUT2D eigenvalue weighted by Gasteiger charge is 2.41. The third-order valence-corrected chi connectivity index (χ3v) is 4.08. The number of rotatable bonds is 1. The minimum absolute atomic E-state index is 0.597. The lowest BCUT2D eigenvalue weighted by molar-refractivity contribution is 0.246. The van der Waals surface area contributed by atoms with Crippen LogP contribution in [0.15, 0.2) is 0 Å². The van der Waals surface area contributed by atoms with E-state index < -0.39 is 0 Å². The highest BCUT2D eigenvalue weighted by Crippen LogP contribution is 2.50. The molecule has 0 radical (unpaired) electrons. The number of hydrogen-bond acceptors (Lipinski definition) is 0. The molecule has 1 rings (SSSR count). The van der Waals surface area contributed by atoms with Crippen molar-refractivity contribution in [3.05, 3.63) is 0 Å². The van der Waals surface area contributed by atoms with Gasteiger partial charge in [-0.3, -0.25) is 0 Å². The van der Waals surface area contributed by atoms with E-state index in [9.17, 15) is 0 Å². The van der Waals surface area contributed by atoms with Gasteiger partial charge in [0.15, 0.2) is 0 Å². The molecule has 1 fully saturated rings. The van der Waals surface area contributed by atoms with Crippen molar-refractivity contribution >= 4 is 0 Å². The third kappa shape index (κ3) is 1.45. The zero-order valence-corrected chi connectivity index (χ0v) is 8.65. The molecule has 0 aromatic rings. The van der Waals surface area contributed by atoms with Gasteiger partial charge < -0.3 is 0 Å². The molecule has 0 saturated heterocycles. The Balaban J connectivity index is 2.69. The third-order valence-electron chi connectivity index (χ3n) is 4.08. The van der Waals surface area contributed by atoms with Crippen LogP contribution in [0.2, 0.25) is 0 Å². The molecule has 1 aliphatic carbocycles. The maximum atomic E-state index is 2.42. The molecule has 0 aliphatic heterocycles. The summed E-state index contributed by atoms with van der Waals surface area (Å²) in [5, 5.41) is 0. The Morgan fingerprint density at radius 2 is 1.82 bits per heavy atom. The van der Waals surface area contributed by atoms with Gasteiger partial charge >= 0.3 is 0 Å². The first-order valence-electron chi connectivity index (χ1n) is 4.99. The van der Waals surface area contributed by atoms with Crippen LogP contribution < -0.4 is 0 Å². The van der Waals surface area contributed by atoms with Gasteiger partial charge in [0.05, 0.1) is 0 Å². The molecule has 1 saturated carbocycles. The smallest absolute Gasteiger partial charge is 0.0323 e. The van der Waals surface area contributed by atoms with Gasteiger partial charge in [-0.1, -0.05) is 41.0 Å². The maximum absolute atomic E-state index is 2.42. The van der Waals surface area contributed by atoms with Crippen LogP contribution in [0.4, 0.5) is 0 Å². The summed E-state index contributed by atoms with van der Waals surface area (Å²) < 4.78 is 0. The fourth-order valence-electron chi connectivity index (χ4n) is 2.68. The lowest BCUT2D eigenvalue weighted by Crippen LogP contribution is -2.17. The van der Waals surface area contributed by atoms with Crippen molar-refractivity contribution in [2.24, 2.45) is 23.2 Å². The molecule has 3 unspecified atom stereocenters. The van der Waals surface area contributed by atoms with Gasteiger partial charge in [-0.15, -0.1) is 0 Å². The normalized spacial score (nSPS) is 42.8. The van der Waals surface area contributed by atoms with Gasteiger partial charge in [-0.2, -0.15) is 0 Å². The van der Waals surface area contributed by atoms with E-state index in [0.717, 1.165) is 17.8 Å². The largest absolute Gasteiger partial charge is 0.0651 e. The van der Waals surface area contributed by atoms with Crippen LogP contribution in [0.3, 0.4) is 0 Å². The molecule has 0 aromatic carbocycles. The average molecular weight is 154 g/mol. The summed E-state index contributed by atoms with van der Waals surface area (Å²) >= 11 is 0. The summed E-state index contributed by atoms with van der Waals surface area (Å²) in [6, 6.07) is 0. The Morgan fingerprint density at radius 1 is 1.27 bits per heavy atom. The lowest BCUT2D eigenvalue weighted by Gasteiger charge is -2.25. The van der Waals surface area contributed by atoms with Gasteiger partial charge in [0.2, 0.25) is 0 Å². The predicted molar refractivity (Wildman–Crippen MR) is 50.5 cm³/mol. The standard InChI is InChI=1S/C11H22/c1-6-10-7-11(4,5)9(3)8(10)2/h8-10H,6-7H2,1-5H3. The molecule has 66 valence electrons. The Bertz CT molecular complexity index is 135. The first-order valence-corrected chi connectivity index (χ1v) is 4.99. The summed E-state index contributed by atoms with van der Waals surface area (Å²) in [5.41, 5.74) is 0.597. The first-order chi connectivity index (χ1) is 4.99. The minimum Gasteiger partial charge on any atom is -0.0651 e. The molecular formula is C11H22. The highest BCUT2D eigenvalue weighted by atomic mass is 14.5. The Kier molecular flexibility index (Phi) is 2.32. The SMILES string of the molecule is CCC1CC(C)(C)C(C)C1C. The summed E-state index contributed by atoms with van der Waals surface area (Å²) in [5.74, 6) is 2.84. The highest BCUT2D eigenvalue weighted by molar-refractivity contribution is 4.91. The molecule has 0 spiro atoms. The molecule has 1 aliphatic rings. The zero-order valence-electron chi connectivity index (χ0n) is 8.65. The van der Waals surface area contributed by atoms with Gasteiger partial charge in [-0.25, -0.2) is 0 Å². The second kappa shape index (κ2) is 2.80.